The maximum Gasteiger partial charge on any atom is 0.213 e. The average molecular weight is 405 g/mol. The fourth-order valence-corrected chi connectivity index (χ4v) is 9.02. The highest BCUT2D eigenvalue weighted by Crippen LogP contribution is 2.79. The minimum atomic E-state index is -1.51. The Balaban J connectivity index is 1.69. The Morgan fingerprint density at radius 3 is 2.55 bits per heavy atom. The summed E-state index contributed by atoms with van der Waals surface area (Å²) in [5.41, 5.74) is -1.36. The van der Waals surface area contributed by atoms with Crippen LogP contribution in [0.25, 0.3) is 0 Å². The minimum absolute atomic E-state index is 0.115. The molecule has 3 saturated heterocycles. The average Bonchev–Trinajstić information content (AvgIpc) is 2.74. The number of aliphatic hydroxyl groups is 2. The molecule has 0 aromatic carbocycles. The van der Waals surface area contributed by atoms with Gasteiger partial charge in [0.1, 0.15) is 11.5 Å². The van der Waals surface area contributed by atoms with Gasteiger partial charge >= 0.3 is 0 Å². The molecule has 9 atom stereocenters. The lowest BCUT2D eigenvalue weighted by molar-refractivity contribution is -0.534. The zero-order valence-electron chi connectivity index (χ0n) is 17.7. The molecule has 3 spiro atoms. The number of hydrogen-bond donors (Lipinski definition) is 2. The zero-order valence-corrected chi connectivity index (χ0v) is 17.7. The van der Waals surface area contributed by atoms with Crippen LogP contribution in [-0.2, 0) is 19.0 Å². The van der Waals surface area contributed by atoms with E-state index in [1.54, 1.807) is 0 Å². The maximum atomic E-state index is 13.9. The van der Waals surface area contributed by atoms with Crippen LogP contribution >= 0.6 is 0 Å². The summed E-state index contributed by atoms with van der Waals surface area (Å²) >= 11 is 0. The van der Waals surface area contributed by atoms with Gasteiger partial charge in [0.05, 0.1) is 18.8 Å². The first kappa shape index (κ1) is 18.9. The molecule has 6 heteroatoms. The summed E-state index contributed by atoms with van der Waals surface area (Å²) in [6, 6.07) is 0. The van der Waals surface area contributed by atoms with Crippen molar-refractivity contribution in [3.8, 4) is 0 Å². The second-order valence-electron chi connectivity index (χ2n) is 11.6. The van der Waals surface area contributed by atoms with Gasteiger partial charge in [-0.1, -0.05) is 26.8 Å². The first-order valence-electron chi connectivity index (χ1n) is 11.1. The number of ether oxygens (including phenoxy) is 3. The molecule has 7 rings (SSSR count). The van der Waals surface area contributed by atoms with E-state index in [2.05, 4.69) is 20.4 Å². The van der Waals surface area contributed by atoms with Crippen molar-refractivity contribution < 1.29 is 29.2 Å². The van der Waals surface area contributed by atoms with Gasteiger partial charge in [-0.2, -0.15) is 0 Å². The van der Waals surface area contributed by atoms with Crippen molar-refractivity contribution in [1.29, 1.82) is 0 Å². The second kappa shape index (κ2) is 4.99. The van der Waals surface area contributed by atoms with Crippen molar-refractivity contribution in [2.45, 2.75) is 83.3 Å². The number of Topliss-reactive ketones (excluding diaryl/α,β-unsaturated/α-hetero) is 1. The third-order valence-corrected chi connectivity index (χ3v) is 9.49. The summed E-state index contributed by atoms with van der Waals surface area (Å²) in [7, 11) is 0. The normalized spacial score (nSPS) is 58.7. The summed E-state index contributed by atoms with van der Waals surface area (Å²) in [6.45, 7) is 12.5. The number of fused-ring (bicyclic) bond motifs is 1. The van der Waals surface area contributed by atoms with E-state index in [4.69, 9.17) is 14.2 Å². The molecule has 4 bridgehead atoms. The molecule has 4 saturated carbocycles. The van der Waals surface area contributed by atoms with Crippen LogP contribution in [0.2, 0.25) is 0 Å². The van der Waals surface area contributed by atoms with E-state index in [1.807, 2.05) is 13.8 Å². The molecular weight excluding hydrogens is 372 g/mol. The lowest BCUT2D eigenvalue weighted by atomic mass is 9.35. The van der Waals surface area contributed by atoms with Crippen molar-refractivity contribution in [1.82, 2.24) is 0 Å². The van der Waals surface area contributed by atoms with Crippen molar-refractivity contribution in [3.63, 3.8) is 0 Å². The van der Waals surface area contributed by atoms with E-state index >= 15 is 0 Å². The topological polar surface area (TPSA) is 85.2 Å². The minimum Gasteiger partial charge on any atom is -0.393 e. The summed E-state index contributed by atoms with van der Waals surface area (Å²) in [5.74, 6) is -3.40. The first-order valence-corrected chi connectivity index (χ1v) is 11.1. The van der Waals surface area contributed by atoms with Gasteiger partial charge in [-0.05, 0) is 44.1 Å². The molecular formula is C23H32O6. The molecule has 2 N–H and O–H groups in total. The number of carbonyl (C=O) groups is 1. The van der Waals surface area contributed by atoms with E-state index in [0.29, 0.717) is 18.6 Å². The molecule has 4 aliphatic carbocycles. The highest BCUT2D eigenvalue weighted by atomic mass is 16.8. The maximum absolute atomic E-state index is 13.9. The summed E-state index contributed by atoms with van der Waals surface area (Å²) < 4.78 is 19.3. The van der Waals surface area contributed by atoms with E-state index in [1.165, 1.54) is 0 Å². The smallest absolute Gasteiger partial charge is 0.213 e. The predicted octanol–water partition coefficient (Wildman–Crippen LogP) is 2.17. The summed E-state index contributed by atoms with van der Waals surface area (Å²) in [5, 5.41) is 23.4. The largest absolute Gasteiger partial charge is 0.393 e. The van der Waals surface area contributed by atoms with Crippen molar-refractivity contribution in [2.75, 3.05) is 6.61 Å². The monoisotopic (exact) mass is 404 g/mol. The molecule has 29 heavy (non-hydrogen) atoms. The fourth-order valence-electron chi connectivity index (χ4n) is 9.02. The molecule has 160 valence electrons. The molecule has 0 unspecified atom stereocenters. The lowest BCUT2D eigenvalue weighted by Crippen LogP contribution is -2.88. The number of rotatable bonds is 0. The van der Waals surface area contributed by atoms with Crippen LogP contribution in [0, 0.1) is 34.0 Å². The van der Waals surface area contributed by atoms with E-state index in [0.717, 1.165) is 19.3 Å². The highest BCUT2D eigenvalue weighted by Gasteiger charge is 2.90. The highest BCUT2D eigenvalue weighted by molar-refractivity contribution is 6.05. The Morgan fingerprint density at radius 1 is 1.10 bits per heavy atom. The van der Waals surface area contributed by atoms with Crippen molar-refractivity contribution in [3.05, 3.63) is 12.2 Å². The Hall–Kier alpha value is -0.790. The number of aliphatic hydroxyl groups excluding tert-OH is 2. The fraction of sp³-hybridized carbons (Fsp3) is 0.870. The predicted molar refractivity (Wildman–Crippen MR) is 102 cm³/mol. The lowest BCUT2D eigenvalue weighted by Gasteiger charge is -2.77. The van der Waals surface area contributed by atoms with Gasteiger partial charge in [0.15, 0.2) is 11.6 Å². The third kappa shape index (κ3) is 1.72. The van der Waals surface area contributed by atoms with Gasteiger partial charge in [0.25, 0.3) is 0 Å². The molecule has 0 aromatic heterocycles. The SMILES string of the molecule is C=C1C(=O)[C@@]23[C@@H]4OC(C)(C)O[C@@]25OC[C@]2(CCCC(C)(C)[C@H]2[C@@H]5O)[C@@H]3[C@@H](O)C[C@@H]14. The molecule has 6 nitrogen and oxygen atoms in total. The molecule has 3 aliphatic heterocycles. The molecule has 0 radical (unpaired) electrons. The zero-order chi connectivity index (χ0) is 20.8. The van der Waals surface area contributed by atoms with Crippen molar-refractivity contribution in [2.24, 2.45) is 34.0 Å². The molecule has 7 aliphatic rings. The van der Waals surface area contributed by atoms with Crippen LogP contribution in [0.15, 0.2) is 12.2 Å². The van der Waals surface area contributed by atoms with E-state index < -0.39 is 40.7 Å². The van der Waals surface area contributed by atoms with Gasteiger partial charge in [-0.3, -0.25) is 4.79 Å². The Morgan fingerprint density at radius 2 is 1.83 bits per heavy atom. The van der Waals surface area contributed by atoms with Crippen LogP contribution in [0.3, 0.4) is 0 Å². The molecule has 7 fully saturated rings. The Labute approximate surface area is 171 Å². The standard InChI is InChI=1S/C23H32O6/c1-11-12-9-13(24)14-21-8-6-7-19(2,3)15(21)17(26)23(27-10-21)22(14,16(11)25)18(12)28-20(4,5)29-23/h12-15,17-18,24,26H,1,6-10H2,2-5H3/t12-,13-,14-,15+,17-,18+,21+,22-,23+/m0/s1. The van der Waals surface area contributed by atoms with E-state index in [-0.39, 0.29) is 29.0 Å². The van der Waals surface area contributed by atoms with Gasteiger partial charge in [0, 0.05) is 23.2 Å². The van der Waals surface area contributed by atoms with Gasteiger partial charge < -0.3 is 24.4 Å². The van der Waals surface area contributed by atoms with Crippen LogP contribution in [0.1, 0.15) is 53.4 Å². The molecule has 3 heterocycles. The van der Waals surface area contributed by atoms with E-state index in [9.17, 15) is 15.0 Å². The van der Waals surface area contributed by atoms with Crippen LogP contribution in [0.5, 0.6) is 0 Å². The van der Waals surface area contributed by atoms with Gasteiger partial charge in [-0.15, -0.1) is 0 Å². The second-order valence-corrected chi connectivity index (χ2v) is 11.6. The van der Waals surface area contributed by atoms with Crippen molar-refractivity contribution >= 4 is 5.78 Å². The molecule has 0 aromatic rings. The Bertz CT molecular complexity index is 833. The van der Waals surface area contributed by atoms with Crippen LogP contribution < -0.4 is 0 Å². The number of carbonyl (C=O) groups excluding carboxylic acids is 1. The Kier molecular flexibility index (Phi) is 3.26. The quantitative estimate of drug-likeness (QED) is 0.602. The third-order valence-electron chi connectivity index (χ3n) is 9.49. The first-order chi connectivity index (χ1) is 13.4. The number of ketones is 1. The summed E-state index contributed by atoms with van der Waals surface area (Å²) in [4.78, 5) is 13.9. The number of hydrogen-bond acceptors (Lipinski definition) is 6. The van der Waals surface area contributed by atoms with Gasteiger partial charge in [0.2, 0.25) is 5.79 Å². The van der Waals surface area contributed by atoms with Crippen LogP contribution in [0.4, 0.5) is 0 Å². The molecule has 0 amide bonds. The summed E-state index contributed by atoms with van der Waals surface area (Å²) in [6.07, 6.45) is 1.17. The van der Waals surface area contributed by atoms with Gasteiger partial charge in [-0.25, -0.2) is 0 Å². The van der Waals surface area contributed by atoms with Crippen LogP contribution in [-0.4, -0.2) is 52.5 Å².